The summed E-state index contributed by atoms with van der Waals surface area (Å²) in [7, 11) is 0. The normalized spacial score (nSPS) is 9.88. The first kappa shape index (κ1) is 12.7. The second-order valence-corrected chi connectivity index (χ2v) is 4.23. The fraction of sp³-hybridized carbons (Fsp3) is 0.250. The molecule has 1 rings (SSSR count). The highest BCUT2D eigenvalue weighted by Crippen LogP contribution is 2.13. The van der Waals surface area contributed by atoms with E-state index in [2.05, 4.69) is 15.0 Å². The molecule has 0 aliphatic rings. The number of amidine groups is 1. The lowest BCUT2D eigenvalue weighted by Gasteiger charge is -2.01. The number of aromatic nitrogens is 2. The van der Waals surface area contributed by atoms with E-state index >= 15 is 0 Å². The number of thioether (sulfide) groups is 1. The second kappa shape index (κ2) is 5.66. The highest BCUT2D eigenvalue weighted by molar-refractivity contribution is 8.13. The quantitative estimate of drug-likeness (QED) is 0.414. The minimum Gasteiger partial charge on any atom is -0.370 e. The highest BCUT2D eigenvalue weighted by Gasteiger charge is 2.03. The molecule has 0 aromatic carbocycles. The van der Waals surface area contributed by atoms with Crippen molar-refractivity contribution in [3.8, 4) is 0 Å². The van der Waals surface area contributed by atoms with Crippen molar-refractivity contribution in [3.05, 3.63) is 22.7 Å². The molecular formula is C8H11ClN6S. The zero-order chi connectivity index (χ0) is 12.1. The molecule has 86 valence electrons. The van der Waals surface area contributed by atoms with Crippen molar-refractivity contribution in [1.29, 1.82) is 5.41 Å². The van der Waals surface area contributed by atoms with Crippen molar-refractivity contribution in [2.45, 2.75) is 12.7 Å². The Morgan fingerprint density at radius 1 is 1.56 bits per heavy atom. The van der Waals surface area contributed by atoms with Crippen molar-refractivity contribution in [2.75, 3.05) is 0 Å². The first-order valence-corrected chi connectivity index (χ1v) is 5.65. The van der Waals surface area contributed by atoms with Gasteiger partial charge in [0, 0.05) is 5.69 Å². The van der Waals surface area contributed by atoms with E-state index in [1.54, 1.807) is 6.07 Å². The predicted molar refractivity (Wildman–Crippen MR) is 66.6 cm³/mol. The van der Waals surface area contributed by atoms with Crippen molar-refractivity contribution in [1.82, 2.24) is 9.97 Å². The van der Waals surface area contributed by atoms with Gasteiger partial charge in [0.05, 0.1) is 5.75 Å². The van der Waals surface area contributed by atoms with Crippen LogP contribution >= 0.6 is 23.4 Å². The monoisotopic (exact) mass is 258 g/mol. The number of rotatable bonds is 2. The summed E-state index contributed by atoms with van der Waals surface area (Å²) in [5, 5.41) is 7.80. The summed E-state index contributed by atoms with van der Waals surface area (Å²) in [6.07, 6.45) is 0. The van der Waals surface area contributed by atoms with E-state index in [9.17, 15) is 0 Å². The van der Waals surface area contributed by atoms with E-state index in [0.717, 1.165) is 17.5 Å². The van der Waals surface area contributed by atoms with Crippen LogP contribution in [0.1, 0.15) is 11.5 Å². The fourth-order valence-electron chi connectivity index (χ4n) is 0.936. The van der Waals surface area contributed by atoms with Crippen LogP contribution in [0.3, 0.4) is 0 Å². The standard InChI is InChI=1S/C8H11ClN6S/c1-4-2-5(9)14-6(13-4)3-16-8(12)15-7(10)11/h2H,3H2,1H3,(H5,10,11,12,15). The van der Waals surface area contributed by atoms with Gasteiger partial charge in [0.2, 0.25) is 0 Å². The molecule has 1 aromatic rings. The third kappa shape index (κ3) is 4.45. The maximum absolute atomic E-state index is 7.40. The van der Waals surface area contributed by atoms with Crippen LogP contribution in [0, 0.1) is 12.3 Å². The molecular weight excluding hydrogens is 248 g/mol. The van der Waals surface area contributed by atoms with Crippen LogP contribution in [0.4, 0.5) is 0 Å². The summed E-state index contributed by atoms with van der Waals surface area (Å²) in [4.78, 5) is 11.7. The van der Waals surface area contributed by atoms with Crippen molar-refractivity contribution in [3.63, 3.8) is 0 Å². The maximum Gasteiger partial charge on any atom is 0.193 e. The number of hydrogen-bond donors (Lipinski definition) is 3. The molecule has 0 unspecified atom stereocenters. The van der Waals surface area contributed by atoms with E-state index in [1.807, 2.05) is 6.92 Å². The van der Waals surface area contributed by atoms with E-state index in [-0.39, 0.29) is 11.1 Å². The zero-order valence-corrected chi connectivity index (χ0v) is 10.1. The molecule has 0 fully saturated rings. The Hall–Kier alpha value is -1.34. The van der Waals surface area contributed by atoms with E-state index in [0.29, 0.717) is 16.7 Å². The van der Waals surface area contributed by atoms with Gasteiger partial charge >= 0.3 is 0 Å². The summed E-state index contributed by atoms with van der Waals surface area (Å²) >= 11 is 6.90. The molecule has 1 aromatic heterocycles. The minimum absolute atomic E-state index is 0.0150. The summed E-state index contributed by atoms with van der Waals surface area (Å²) in [6, 6.07) is 1.66. The number of nitrogens with zero attached hydrogens (tertiary/aromatic N) is 3. The van der Waals surface area contributed by atoms with Gasteiger partial charge < -0.3 is 11.5 Å². The molecule has 6 nitrogen and oxygen atoms in total. The number of aliphatic imine (C=N–C) groups is 1. The van der Waals surface area contributed by atoms with Crippen molar-refractivity contribution in [2.24, 2.45) is 16.5 Å². The summed E-state index contributed by atoms with van der Waals surface area (Å²) in [5.41, 5.74) is 11.0. The van der Waals surface area contributed by atoms with Gasteiger partial charge in [-0.15, -0.1) is 0 Å². The van der Waals surface area contributed by atoms with Crippen molar-refractivity contribution < 1.29 is 0 Å². The van der Waals surface area contributed by atoms with Crippen LogP contribution in [0.15, 0.2) is 11.1 Å². The summed E-state index contributed by atoms with van der Waals surface area (Å²) in [6.45, 7) is 1.82. The van der Waals surface area contributed by atoms with Crippen LogP contribution in [0.2, 0.25) is 5.15 Å². The number of halogens is 1. The Labute approximate surface area is 102 Å². The van der Waals surface area contributed by atoms with Crippen LogP contribution in [-0.4, -0.2) is 21.1 Å². The Morgan fingerprint density at radius 3 is 2.81 bits per heavy atom. The van der Waals surface area contributed by atoms with E-state index < -0.39 is 0 Å². The highest BCUT2D eigenvalue weighted by atomic mass is 35.5. The van der Waals surface area contributed by atoms with Crippen LogP contribution < -0.4 is 11.5 Å². The largest absolute Gasteiger partial charge is 0.370 e. The molecule has 0 amide bonds. The van der Waals surface area contributed by atoms with Gasteiger partial charge in [-0.2, -0.15) is 4.99 Å². The molecule has 0 aliphatic carbocycles. The third-order valence-corrected chi connectivity index (χ3v) is 2.40. The molecule has 0 saturated carbocycles. The third-order valence-electron chi connectivity index (χ3n) is 1.44. The number of hydrogen-bond acceptors (Lipinski definition) is 4. The molecule has 16 heavy (non-hydrogen) atoms. The Kier molecular flexibility index (Phi) is 4.51. The number of nitrogens with one attached hydrogen (secondary N) is 1. The molecule has 5 N–H and O–H groups in total. The minimum atomic E-state index is -0.138. The molecule has 0 spiro atoms. The van der Waals surface area contributed by atoms with Crippen LogP contribution in [0.5, 0.6) is 0 Å². The van der Waals surface area contributed by atoms with Gasteiger partial charge in [0.25, 0.3) is 0 Å². The van der Waals surface area contributed by atoms with Crippen LogP contribution in [-0.2, 0) is 5.75 Å². The Bertz CT molecular complexity index is 408. The SMILES string of the molecule is Cc1cc(Cl)nc(CSC(=N)N=C(N)N)n1. The average molecular weight is 259 g/mol. The van der Waals surface area contributed by atoms with Crippen LogP contribution in [0.25, 0.3) is 0 Å². The van der Waals surface area contributed by atoms with Gasteiger partial charge in [-0.1, -0.05) is 23.4 Å². The van der Waals surface area contributed by atoms with Gasteiger partial charge in [0.15, 0.2) is 11.1 Å². The van der Waals surface area contributed by atoms with Gasteiger partial charge in [-0.3, -0.25) is 5.41 Å². The zero-order valence-electron chi connectivity index (χ0n) is 8.57. The topological polar surface area (TPSA) is 114 Å². The lowest BCUT2D eigenvalue weighted by molar-refractivity contribution is 0.998. The Balaban J connectivity index is 2.61. The number of nitrogens with two attached hydrogens (primary N) is 2. The average Bonchev–Trinajstić information content (AvgIpc) is 2.12. The molecule has 1 heterocycles. The van der Waals surface area contributed by atoms with Gasteiger partial charge in [-0.25, -0.2) is 9.97 Å². The fourth-order valence-corrected chi connectivity index (χ4v) is 1.76. The number of aryl methyl sites for hydroxylation is 1. The number of guanidine groups is 1. The molecule has 0 saturated heterocycles. The summed E-state index contributed by atoms with van der Waals surface area (Å²) in [5.74, 6) is 0.808. The molecule has 0 radical (unpaired) electrons. The Morgan fingerprint density at radius 2 is 2.25 bits per heavy atom. The first-order chi connectivity index (χ1) is 7.47. The van der Waals surface area contributed by atoms with Crippen molar-refractivity contribution >= 4 is 34.5 Å². The van der Waals surface area contributed by atoms with E-state index in [1.165, 1.54) is 0 Å². The molecule has 0 aliphatic heterocycles. The first-order valence-electron chi connectivity index (χ1n) is 4.28. The second-order valence-electron chi connectivity index (χ2n) is 2.88. The lowest BCUT2D eigenvalue weighted by Crippen LogP contribution is -2.23. The molecule has 8 heteroatoms. The summed E-state index contributed by atoms with van der Waals surface area (Å²) < 4.78 is 0. The lowest BCUT2D eigenvalue weighted by atomic mass is 10.4. The van der Waals surface area contributed by atoms with Gasteiger partial charge in [0.1, 0.15) is 11.0 Å². The van der Waals surface area contributed by atoms with E-state index in [4.69, 9.17) is 28.5 Å². The molecule has 0 bridgehead atoms. The molecule has 0 atom stereocenters. The smallest absolute Gasteiger partial charge is 0.193 e. The maximum atomic E-state index is 7.40. The predicted octanol–water partition coefficient (Wildman–Crippen LogP) is 0.880. The van der Waals surface area contributed by atoms with Gasteiger partial charge in [-0.05, 0) is 13.0 Å².